The number of carbonyl (C=O) groups excluding carboxylic acids is 2. The average Bonchev–Trinajstić information content (AvgIpc) is 3.68. The van der Waals surface area contributed by atoms with E-state index >= 15 is 0 Å². The number of aliphatic hydroxyl groups excluding tert-OH is 1. The number of alkyl halides is 2. The second-order valence-corrected chi connectivity index (χ2v) is 8.30. The number of benzene rings is 2. The molecule has 0 saturated heterocycles. The molecule has 12 nitrogen and oxygen atoms in total. The highest BCUT2D eigenvalue weighted by Gasteiger charge is 2.12. The Kier molecular flexibility index (Phi) is 12.0. The Bertz CT molecular complexity index is 1370. The molecule has 0 unspecified atom stereocenters. The van der Waals surface area contributed by atoms with Gasteiger partial charge in [-0.1, -0.05) is 58.8 Å². The molecule has 0 atom stereocenters. The molecule has 4 rings (SSSR count). The molecule has 0 spiro atoms. The zero-order chi connectivity index (χ0) is 29.6. The summed E-state index contributed by atoms with van der Waals surface area (Å²) in [6, 6.07) is 13.8. The van der Waals surface area contributed by atoms with Gasteiger partial charge in [-0.2, -0.15) is 18.7 Å². The lowest BCUT2D eigenvalue weighted by atomic mass is 10.1. The number of carbonyl (C=O) groups is 2. The van der Waals surface area contributed by atoms with E-state index in [0.29, 0.717) is 47.4 Å². The van der Waals surface area contributed by atoms with Crippen LogP contribution >= 0.6 is 0 Å². The van der Waals surface area contributed by atoms with E-state index in [0.717, 1.165) is 11.1 Å². The normalized spacial score (nSPS) is 10.7. The smallest absolute Gasteiger partial charge is 0.345 e. The van der Waals surface area contributed by atoms with Crippen LogP contribution < -0.4 is 0 Å². The number of ether oxygens (including phenoxy) is 3. The van der Waals surface area contributed by atoms with Crippen LogP contribution in [0.25, 0.3) is 22.8 Å². The molecule has 1 N–H and O–H groups in total. The van der Waals surface area contributed by atoms with Gasteiger partial charge < -0.3 is 28.4 Å². The van der Waals surface area contributed by atoms with Crippen molar-refractivity contribution in [3.05, 3.63) is 71.4 Å². The number of rotatable bonds is 12. The molecule has 0 fully saturated rings. The van der Waals surface area contributed by atoms with E-state index in [1.165, 1.54) is 14.2 Å². The fourth-order valence-electron chi connectivity index (χ4n) is 3.24. The summed E-state index contributed by atoms with van der Waals surface area (Å²) in [5.41, 5.74) is 2.90. The van der Waals surface area contributed by atoms with Gasteiger partial charge in [-0.25, -0.2) is 0 Å². The van der Waals surface area contributed by atoms with Gasteiger partial charge in [-0.05, 0) is 11.1 Å². The third-order valence-corrected chi connectivity index (χ3v) is 5.46. The van der Waals surface area contributed by atoms with E-state index in [9.17, 15) is 18.4 Å². The van der Waals surface area contributed by atoms with Crippen molar-refractivity contribution < 1.29 is 46.7 Å². The average molecular weight is 575 g/mol. The van der Waals surface area contributed by atoms with Gasteiger partial charge in [0.05, 0.1) is 40.3 Å². The van der Waals surface area contributed by atoms with Gasteiger partial charge in [0, 0.05) is 24.0 Å². The maximum absolute atomic E-state index is 11.9. The van der Waals surface area contributed by atoms with Gasteiger partial charge in [-0.15, -0.1) is 0 Å². The van der Waals surface area contributed by atoms with Crippen molar-refractivity contribution in [2.75, 3.05) is 14.2 Å². The summed E-state index contributed by atoms with van der Waals surface area (Å²) in [5.74, 6) is 0.873. The molecular formula is C27H28F2N4O8. The van der Waals surface area contributed by atoms with Gasteiger partial charge in [-0.3, -0.25) is 9.59 Å². The van der Waals surface area contributed by atoms with Crippen LogP contribution in [0.2, 0.25) is 0 Å². The number of methoxy groups -OCH3 is 2. The van der Waals surface area contributed by atoms with Crippen molar-refractivity contribution in [2.24, 2.45) is 0 Å². The topological polar surface area (TPSA) is 160 Å². The number of aromatic nitrogens is 4. The maximum atomic E-state index is 11.9. The van der Waals surface area contributed by atoms with E-state index in [4.69, 9.17) is 14.2 Å². The third kappa shape index (κ3) is 10.2. The van der Waals surface area contributed by atoms with Crippen LogP contribution in [0, 0.1) is 0 Å². The number of hydrogen-bond donors (Lipinski definition) is 1. The largest absolute Gasteiger partial charge is 0.469 e. The van der Waals surface area contributed by atoms with Gasteiger partial charge in [0.1, 0.15) is 0 Å². The summed E-state index contributed by atoms with van der Waals surface area (Å²) < 4.78 is 47.2. The van der Waals surface area contributed by atoms with Gasteiger partial charge in [0.15, 0.2) is 0 Å². The number of aryl methyl sites for hydroxylation is 2. The minimum atomic E-state index is -2.80. The highest BCUT2D eigenvalue weighted by atomic mass is 19.3. The molecule has 0 aliphatic heterocycles. The molecule has 0 radical (unpaired) electrons. The minimum Gasteiger partial charge on any atom is -0.469 e. The first-order valence-corrected chi connectivity index (χ1v) is 12.3. The van der Waals surface area contributed by atoms with Gasteiger partial charge >= 0.3 is 18.6 Å². The molecular weight excluding hydrogens is 546 g/mol. The zero-order valence-corrected chi connectivity index (χ0v) is 22.3. The molecule has 41 heavy (non-hydrogen) atoms. The summed E-state index contributed by atoms with van der Waals surface area (Å²) >= 11 is 0. The molecule has 2 heterocycles. The van der Waals surface area contributed by atoms with E-state index in [1.807, 2.05) is 0 Å². The van der Waals surface area contributed by atoms with Crippen molar-refractivity contribution >= 4 is 11.9 Å². The lowest BCUT2D eigenvalue weighted by Crippen LogP contribution is -2.01. The predicted octanol–water partition coefficient (Wildman–Crippen LogP) is 3.92. The first-order valence-electron chi connectivity index (χ1n) is 12.3. The van der Waals surface area contributed by atoms with Crippen molar-refractivity contribution in [2.45, 2.75) is 45.5 Å². The second kappa shape index (κ2) is 15.9. The van der Waals surface area contributed by atoms with E-state index in [-0.39, 0.29) is 38.0 Å². The van der Waals surface area contributed by atoms with E-state index < -0.39 is 6.61 Å². The van der Waals surface area contributed by atoms with Crippen LogP contribution in [0.5, 0.6) is 0 Å². The molecule has 2 aromatic carbocycles. The Balaban J connectivity index is 0.000000228. The minimum absolute atomic E-state index is 0.00307. The van der Waals surface area contributed by atoms with Crippen molar-refractivity contribution in [3.63, 3.8) is 0 Å². The second-order valence-electron chi connectivity index (χ2n) is 8.30. The summed E-state index contributed by atoms with van der Waals surface area (Å²) in [6.07, 6.45) is 1.01. The molecule has 0 amide bonds. The molecule has 0 bridgehead atoms. The molecule has 0 saturated carbocycles. The van der Waals surface area contributed by atoms with Crippen molar-refractivity contribution in [3.8, 4) is 22.8 Å². The Morgan fingerprint density at radius 2 is 1.22 bits per heavy atom. The zero-order valence-electron chi connectivity index (χ0n) is 22.3. The maximum Gasteiger partial charge on any atom is 0.345 e. The number of nitrogens with zero attached hydrogens (tertiary/aromatic N) is 4. The number of esters is 2. The lowest BCUT2D eigenvalue weighted by molar-refractivity contribution is -0.141. The standard InChI is InChI=1S/C14H14F2N2O4.C13H14N2O4/c1-20-12(19)7-6-11-17-13(18-22-11)10-4-2-9(3-5-10)8-21-14(15)16;1-18-12(17)7-6-11-14-13(15-19-11)10-4-2-9(8-16)3-5-10/h2-5,14H,6-8H2,1H3;2-5,16H,6-8H2,1H3. The number of hydrogen-bond acceptors (Lipinski definition) is 12. The Morgan fingerprint density at radius 3 is 1.61 bits per heavy atom. The van der Waals surface area contributed by atoms with Crippen LogP contribution in [0.15, 0.2) is 57.6 Å². The first-order chi connectivity index (χ1) is 19.8. The SMILES string of the molecule is COC(=O)CCc1nc(-c2ccc(CO)cc2)no1.COC(=O)CCc1nc(-c2ccc(COC(F)F)cc2)no1. The summed E-state index contributed by atoms with van der Waals surface area (Å²) in [7, 11) is 2.64. The van der Waals surface area contributed by atoms with Crippen molar-refractivity contribution in [1.82, 2.24) is 20.3 Å². The molecule has 2 aromatic heterocycles. The van der Waals surface area contributed by atoms with Crippen LogP contribution in [0.4, 0.5) is 8.78 Å². The highest BCUT2D eigenvalue weighted by Crippen LogP contribution is 2.19. The van der Waals surface area contributed by atoms with Gasteiger partial charge in [0.2, 0.25) is 23.4 Å². The third-order valence-electron chi connectivity index (χ3n) is 5.46. The number of halogens is 2. The fourth-order valence-corrected chi connectivity index (χ4v) is 3.24. The first kappa shape index (κ1) is 31.0. The molecule has 14 heteroatoms. The van der Waals surface area contributed by atoms with E-state index in [2.05, 4.69) is 34.5 Å². The van der Waals surface area contributed by atoms with E-state index in [1.54, 1.807) is 48.5 Å². The predicted molar refractivity (Wildman–Crippen MR) is 137 cm³/mol. The molecule has 4 aromatic rings. The fraction of sp³-hybridized carbons (Fsp3) is 0.333. The molecule has 0 aliphatic rings. The molecule has 0 aliphatic carbocycles. The van der Waals surface area contributed by atoms with Crippen molar-refractivity contribution in [1.29, 1.82) is 0 Å². The summed E-state index contributed by atoms with van der Waals surface area (Å²) in [6.45, 7) is -2.97. The molecule has 218 valence electrons. The Labute approximate surface area is 233 Å². The summed E-state index contributed by atoms with van der Waals surface area (Å²) in [5, 5.41) is 16.6. The van der Waals surface area contributed by atoms with Crippen LogP contribution in [0.3, 0.4) is 0 Å². The highest BCUT2D eigenvalue weighted by molar-refractivity contribution is 5.69. The monoisotopic (exact) mass is 574 g/mol. The Morgan fingerprint density at radius 1 is 0.780 bits per heavy atom. The van der Waals surface area contributed by atoms with Crippen LogP contribution in [-0.4, -0.2) is 58.2 Å². The van der Waals surface area contributed by atoms with Crippen LogP contribution in [0.1, 0.15) is 35.7 Å². The van der Waals surface area contributed by atoms with Gasteiger partial charge in [0.25, 0.3) is 0 Å². The Hall–Kier alpha value is -4.56. The summed E-state index contributed by atoms with van der Waals surface area (Å²) in [4.78, 5) is 30.4. The lowest BCUT2D eigenvalue weighted by Gasteiger charge is -2.03. The number of aliphatic hydroxyl groups is 1. The quantitative estimate of drug-likeness (QED) is 0.243. The van der Waals surface area contributed by atoms with Crippen LogP contribution in [-0.2, 0) is 49.9 Å².